The predicted molar refractivity (Wildman–Crippen MR) is 89.2 cm³/mol. The van der Waals surface area contributed by atoms with Crippen LogP contribution in [-0.4, -0.2) is 17.6 Å². The lowest BCUT2D eigenvalue weighted by atomic mass is 9.95. The van der Waals surface area contributed by atoms with Crippen molar-refractivity contribution in [3.05, 3.63) is 65.2 Å². The molecule has 1 amide bonds. The molecule has 0 spiro atoms. The van der Waals surface area contributed by atoms with Crippen molar-refractivity contribution in [3.63, 3.8) is 0 Å². The Morgan fingerprint density at radius 2 is 2.00 bits per heavy atom. The third kappa shape index (κ3) is 3.60. The lowest BCUT2D eigenvalue weighted by Gasteiger charge is -2.25. The van der Waals surface area contributed by atoms with Gasteiger partial charge in [0, 0.05) is 11.3 Å². The Bertz CT molecular complexity index is 697. The van der Waals surface area contributed by atoms with Gasteiger partial charge in [0.15, 0.2) is 0 Å². The molecule has 2 N–H and O–H groups in total. The topological polar surface area (TPSA) is 58.6 Å². The zero-order valence-corrected chi connectivity index (χ0v) is 13.2. The standard InChI is InChI=1S/C19H21NO3/c1-13(21)15-7-4-5-9-17(15)20-19(22)12-18-16-8-3-2-6-14(16)10-11-23-18/h2-9,13,18,21H,10-12H2,1H3,(H,20,22). The van der Waals surface area contributed by atoms with Gasteiger partial charge in [0.2, 0.25) is 5.91 Å². The van der Waals surface area contributed by atoms with Gasteiger partial charge in [-0.05, 0) is 30.5 Å². The SMILES string of the molecule is CC(O)c1ccccc1NC(=O)CC1OCCc2ccccc21. The van der Waals surface area contributed by atoms with Gasteiger partial charge in [-0.2, -0.15) is 0 Å². The number of aliphatic hydroxyl groups is 1. The number of para-hydroxylation sites is 1. The molecule has 4 heteroatoms. The molecule has 2 aromatic carbocycles. The van der Waals surface area contributed by atoms with Crippen molar-refractivity contribution in [3.8, 4) is 0 Å². The molecule has 0 fully saturated rings. The first-order chi connectivity index (χ1) is 11.1. The zero-order valence-electron chi connectivity index (χ0n) is 13.2. The van der Waals surface area contributed by atoms with Crippen molar-refractivity contribution >= 4 is 11.6 Å². The number of hydrogen-bond acceptors (Lipinski definition) is 3. The molecule has 2 atom stereocenters. The van der Waals surface area contributed by atoms with Gasteiger partial charge in [0.05, 0.1) is 25.2 Å². The van der Waals surface area contributed by atoms with Crippen LogP contribution in [0.15, 0.2) is 48.5 Å². The molecule has 0 aromatic heterocycles. The summed E-state index contributed by atoms with van der Waals surface area (Å²) in [6.45, 7) is 2.32. The molecule has 0 bridgehead atoms. The summed E-state index contributed by atoms with van der Waals surface area (Å²) >= 11 is 0. The summed E-state index contributed by atoms with van der Waals surface area (Å²) in [6.07, 6.45) is 0.321. The lowest BCUT2D eigenvalue weighted by molar-refractivity contribution is -0.119. The van der Waals surface area contributed by atoms with Crippen LogP contribution in [0.1, 0.15) is 42.2 Å². The Morgan fingerprint density at radius 3 is 2.83 bits per heavy atom. The van der Waals surface area contributed by atoms with Crippen LogP contribution >= 0.6 is 0 Å². The first kappa shape index (κ1) is 15.7. The summed E-state index contributed by atoms with van der Waals surface area (Å²) in [6, 6.07) is 15.4. The van der Waals surface area contributed by atoms with Gasteiger partial charge >= 0.3 is 0 Å². The van der Waals surface area contributed by atoms with Gasteiger partial charge in [0.1, 0.15) is 0 Å². The van der Waals surface area contributed by atoms with Crippen LogP contribution in [0.25, 0.3) is 0 Å². The predicted octanol–water partition coefficient (Wildman–Crippen LogP) is 3.38. The number of aliphatic hydroxyl groups excluding tert-OH is 1. The van der Waals surface area contributed by atoms with E-state index in [9.17, 15) is 9.90 Å². The van der Waals surface area contributed by atoms with Gasteiger partial charge in [0.25, 0.3) is 0 Å². The van der Waals surface area contributed by atoms with Crippen LogP contribution in [0.3, 0.4) is 0 Å². The van der Waals surface area contributed by atoms with E-state index < -0.39 is 6.10 Å². The van der Waals surface area contributed by atoms with Crippen molar-refractivity contribution in [1.82, 2.24) is 0 Å². The van der Waals surface area contributed by atoms with Gasteiger partial charge in [-0.15, -0.1) is 0 Å². The minimum absolute atomic E-state index is 0.111. The molecule has 2 aromatic rings. The van der Waals surface area contributed by atoms with E-state index in [0.717, 1.165) is 12.0 Å². The maximum absolute atomic E-state index is 12.4. The second kappa shape index (κ2) is 6.94. The lowest BCUT2D eigenvalue weighted by Crippen LogP contribution is -2.22. The minimum Gasteiger partial charge on any atom is -0.389 e. The number of carbonyl (C=O) groups is 1. The van der Waals surface area contributed by atoms with Crippen LogP contribution in [0, 0.1) is 0 Å². The Labute approximate surface area is 136 Å². The van der Waals surface area contributed by atoms with E-state index in [-0.39, 0.29) is 18.4 Å². The van der Waals surface area contributed by atoms with E-state index >= 15 is 0 Å². The summed E-state index contributed by atoms with van der Waals surface area (Å²) in [5.74, 6) is -0.111. The number of nitrogens with one attached hydrogen (secondary N) is 1. The third-order valence-corrected chi connectivity index (χ3v) is 4.15. The minimum atomic E-state index is -0.627. The van der Waals surface area contributed by atoms with E-state index in [0.29, 0.717) is 17.9 Å². The van der Waals surface area contributed by atoms with E-state index in [4.69, 9.17) is 4.74 Å². The quantitative estimate of drug-likeness (QED) is 0.910. The molecule has 0 radical (unpaired) electrons. The fraction of sp³-hybridized carbons (Fsp3) is 0.316. The Balaban J connectivity index is 1.72. The van der Waals surface area contributed by atoms with Crippen molar-refractivity contribution in [2.24, 2.45) is 0 Å². The number of hydrogen-bond donors (Lipinski definition) is 2. The highest BCUT2D eigenvalue weighted by Gasteiger charge is 2.23. The second-order valence-corrected chi connectivity index (χ2v) is 5.82. The van der Waals surface area contributed by atoms with Crippen molar-refractivity contribution < 1.29 is 14.6 Å². The molecule has 1 heterocycles. The van der Waals surface area contributed by atoms with E-state index in [1.165, 1.54) is 5.56 Å². The second-order valence-electron chi connectivity index (χ2n) is 5.82. The molecule has 3 rings (SSSR count). The number of ether oxygens (including phenoxy) is 1. The van der Waals surface area contributed by atoms with Crippen LogP contribution < -0.4 is 5.32 Å². The molecule has 1 aliphatic rings. The molecule has 23 heavy (non-hydrogen) atoms. The summed E-state index contributed by atoms with van der Waals surface area (Å²) in [5, 5.41) is 12.7. The number of carbonyl (C=O) groups excluding carboxylic acids is 1. The maximum Gasteiger partial charge on any atom is 0.227 e. The Hall–Kier alpha value is -2.17. The molecule has 0 aliphatic carbocycles. The van der Waals surface area contributed by atoms with Gasteiger partial charge in [-0.25, -0.2) is 0 Å². The van der Waals surface area contributed by atoms with Crippen LogP contribution in [0.4, 0.5) is 5.69 Å². The first-order valence-electron chi connectivity index (χ1n) is 7.91. The zero-order chi connectivity index (χ0) is 16.2. The highest BCUT2D eigenvalue weighted by Crippen LogP contribution is 2.30. The summed E-state index contributed by atoms with van der Waals surface area (Å²) in [5.41, 5.74) is 3.71. The van der Waals surface area contributed by atoms with E-state index in [1.807, 2.05) is 36.4 Å². The average molecular weight is 311 g/mol. The third-order valence-electron chi connectivity index (χ3n) is 4.15. The van der Waals surface area contributed by atoms with Gasteiger partial charge in [-0.1, -0.05) is 42.5 Å². The Morgan fingerprint density at radius 1 is 1.26 bits per heavy atom. The molecule has 0 saturated heterocycles. The smallest absolute Gasteiger partial charge is 0.227 e. The molecule has 120 valence electrons. The van der Waals surface area contributed by atoms with Crippen molar-refractivity contribution in [2.75, 3.05) is 11.9 Å². The summed E-state index contributed by atoms with van der Waals surface area (Å²) in [7, 11) is 0. The van der Waals surface area contributed by atoms with Crippen LogP contribution in [-0.2, 0) is 16.0 Å². The fourth-order valence-electron chi connectivity index (χ4n) is 2.99. The highest BCUT2D eigenvalue weighted by atomic mass is 16.5. The molecule has 2 unspecified atom stereocenters. The summed E-state index contributed by atoms with van der Waals surface area (Å²) < 4.78 is 5.78. The number of anilines is 1. The number of fused-ring (bicyclic) bond motifs is 1. The Kier molecular flexibility index (Phi) is 4.74. The van der Waals surface area contributed by atoms with Crippen molar-refractivity contribution in [2.45, 2.75) is 32.0 Å². The number of rotatable bonds is 4. The molecule has 1 aliphatic heterocycles. The number of benzene rings is 2. The summed E-state index contributed by atoms with van der Waals surface area (Å²) in [4.78, 5) is 12.4. The average Bonchev–Trinajstić information content (AvgIpc) is 2.55. The normalized spacial score (nSPS) is 18.1. The molecule has 0 saturated carbocycles. The molecular weight excluding hydrogens is 290 g/mol. The number of amides is 1. The monoisotopic (exact) mass is 311 g/mol. The maximum atomic E-state index is 12.4. The van der Waals surface area contributed by atoms with Crippen molar-refractivity contribution in [1.29, 1.82) is 0 Å². The highest BCUT2D eigenvalue weighted by molar-refractivity contribution is 5.92. The largest absolute Gasteiger partial charge is 0.389 e. The first-order valence-corrected chi connectivity index (χ1v) is 7.91. The van der Waals surface area contributed by atoms with E-state index in [1.54, 1.807) is 13.0 Å². The molecule has 4 nitrogen and oxygen atoms in total. The fourth-order valence-corrected chi connectivity index (χ4v) is 2.99. The van der Waals surface area contributed by atoms with Gasteiger partial charge in [-0.3, -0.25) is 4.79 Å². The van der Waals surface area contributed by atoms with Crippen LogP contribution in [0.2, 0.25) is 0 Å². The van der Waals surface area contributed by atoms with Crippen LogP contribution in [0.5, 0.6) is 0 Å². The van der Waals surface area contributed by atoms with Gasteiger partial charge < -0.3 is 15.2 Å². The molecular formula is C19H21NO3. The van der Waals surface area contributed by atoms with E-state index in [2.05, 4.69) is 11.4 Å².